The molecule has 2 aromatic rings. The Labute approximate surface area is 134 Å². The van der Waals surface area contributed by atoms with Gasteiger partial charge in [0.1, 0.15) is 11.5 Å². The lowest BCUT2D eigenvalue weighted by molar-refractivity contribution is -0.141. The molecule has 0 aliphatic rings. The summed E-state index contributed by atoms with van der Waals surface area (Å²) < 4.78 is 37.5. The van der Waals surface area contributed by atoms with Gasteiger partial charge in [-0.25, -0.2) is 9.97 Å². The van der Waals surface area contributed by atoms with Crippen molar-refractivity contribution >= 4 is 0 Å². The summed E-state index contributed by atoms with van der Waals surface area (Å²) in [4.78, 5) is 12.1. The van der Waals surface area contributed by atoms with Crippen molar-refractivity contribution in [1.29, 1.82) is 0 Å². The molecule has 0 radical (unpaired) electrons. The molecule has 0 unspecified atom stereocenters. The monoisotopic (exact) mass is 323 g/mol. The molecule has 3 nitrogen and oxygen atoms in total. The van der Waals surface area contributed by atoms with E-state index in [2.05, 4.69) is 35.7 Å². The van der Waals surface area contributed by atoms with Gasteiger partial charge >= 0.3 is 6.18 Å². The lowest BCUT2D eigenvalue weighted by Crippen LogP contribution is -2.16. The van der Waals surface area contributed by atoms with E-state index in [0.717, 1.165) is 31.2 Å². The van der Waals surface area contributed by atoms with Crippen molar-refractivity contribution in [3.63, 3.8) is 0 Å². The van der Waals surface area contributed by atoms with Crippen LogP contribution in [0.25, 0.3) is 11.1 Å². The summed E-state index contributed by atoms with van der Waals surface area (Å²) in [5, 5.41) is 0. The van der Waals surface area contributed by atoms with Crippen LogP contribution in [0.3, 0.4) is 0 Å². The van der Waals surface area contributed by atoms with Crippen molar-refractivity contribution in [3.05, 3.63) is 42.2 Å². The zero-order chi connectivity index (χ0) is 17.1. The molecule has 0 aliphatic heterocycles. The van der Waals surface area contributed by atoms with Crippen LogP contribution in [-0.2, 0) is 12.6 Å². The second-order valence-corrected chi connectivity index (χ2v) is 6.41. The number of hydrogen-bond donors (Lipinski definition) is 0. The Morgan fingerprint density at radius 1 is 0.913 bits per heavy atom. The smallest absolute Gasteiger partial charge is 0.251 e. The van der Waals surface area contributed by atoms with Crippen LogP contribution in [0, 0.1) is 5.41 Å². The Kier molecular flexibility index (Phi) is 5.02. The minimum atomic E-state index is -4.43. The molecule has 0 aromatic carbocycles. The minimum absolute atomic E-state index is 0.131. The molecule has 0 amide bonds. The predicted molar refractivity (Wildman–Crippen MR) is 82.7 cm³/mol. The molecular formula is C17H20F3N3. The lowest BCUT2D eigenvalue weighted by Gasteiger charge is -2.22. The highest BCUT2D eigenvalue weighted by Crippen LogP contribution is 2.29. The number of hydrogen-bond acceptors (Lipinski definition) is 3. The average molecular weight is 323 g/mol. The normalized spacial score (nSPS) is 12.4. The molecule has 0 saturated heterocycles. The molecule has 2 aromatic heterocycles. The molecule has 0 aliphatic carbocycles. The summed E-state index contributed by atoms with van der Waals surface area (Å²) in [5.41, 5.74) is 0.451. The highest BCUT2D eigenvalue weighted by Gasteiger charge is 2.32. The quantitative estimate of drug-likeness (QED) is 0.783. The number of nitrogens with zero attached hydrogens (tertiary/aromatic N) is 3. The van der Waals surface area contributed by atoms with Crippen molar-refractivity contribution in [1.82, 2.24) is 15.0 Å². The van der Waals surface area contributed by atoms with Gasteiger partial charge in [-0.3, -0.25) is 4.98 Å². The van der Waals surface area contributed by atoms with Gasteiger partial charge in [0.25, 0.3) is 0 Å². The lowest BCUT2D eigenvalue weighted by atomic mass is 9.84. The summed E-state index contributed by atoms with van der Waals surface area (Å²) in [6, 6.07) is 2.35. The van der Waals surface area contributed by atoms with Crippen LogP contribution < -0.4 is 0 Å². The fourth-order valence-electron chi connectivity index (χ4n) is 2.52. The van der Waals surface area contributed by atoms with Crippen LogP contribution in [0.15, 0.2) is 30.7 Å². The topological polar surface area (TPSA) is 38.7 Å². The Bertz CT molecular complexity index is 632. The fourth-order valence-corrected chi connectivity index (χ4v) is 2.52. The number of aromatic nitrogens is 3. The van der Waals surface area contributed by atoms with E-state index in [1.54, 1.807) is 12.4 Å². The SMILES string of the molecule is CCCC(C)(C)Cc1ncc(-c2ccc(C(F)(F)F)nc2)cn1. The van der Waals surface area contributed by atoms with Crippen molar-refractivity contribution in [2.45, 2.75) is 46.2 Å². The predicted octanol–water partition coefficient (Wildman–Crippen LogP) is 4.93. The fraction of sp³-hybridized carbons (Fsp3) is 0.471. The van der Waals surface area contributed by atoms with E-state index in [1.165, 1.54) is 12.3 Å². The van der Waals surface area contributed by atoms with Gasteiger partial charge in [-0.15, -0.1) is 0 Å². The molecule has 124 valence electrons. The van der Waals surface area contributed by atoms with E-state index < -0.39 is 11.9 Å². The Morgan fingerprint density at radius 2 is 1.52 bits per heavy atom. The summed E-state index contributed by atoms with van der Waals surface area (Å²) in [6.45, 7) is 6.49. The van der Waals surface area contributed by atoms with Crippen LogP contribution in [0.1, 0.15) is 45.1 Å². The molecule has 0 spiro atoms. The van der Waals surface area contributed by atoms with Gasteiger partial charge < -0.3 is 0 Å². The van der Waals surface area contributed by atoms with Crippen LogP contribution >= 0.6 is 0 Å². The molecule has 0 fully saturated rings. The van der Waals surface area contributed by atoms with Gasteiger partial charge in [0.15, 0.2) is 0 Å². The molecular weight excluding hydrogens is 303 g/mol. The first-order valence-corrected chi connectivity index (χ1v) is 7.56. The number of halogens is 3. The Balaban J connectivity index is 2.13. The molecule has 2 heterocycles. The number of alkyl halides is 3. The zero-order valence-corrected chi connectivity index (χ0v) is 13.5. The molecule has 0 N–H and O–H groups in total. The number of rotatable bonds is 5. The van der Waals surface area contributed by atoms with Gasteiger partial charge in [0, 0.05) is 36.1 Å². The van der Waals surface area contributed by atoms with Crippen molar-refractivity contribution < 1.29 is 13.2 Å². The van der Waals surface area contributed by atoms with E-state index >= 15 is 0 Å². The Morgan fingerprint density at radius 3 is 2.00 bits per heavy atom. The van der Waals surface area contributed by atoms with E-state index in [-0.39, 0.29) is 5.41 Å². The van der Waals surface area contributed by atoms with Crippen LogP contribution in [-0.4, -0.2) is 15.0 Å². The zero-order valence-electron chi connectivity index (χ0n) is 13.5. The second-order valence-electron chi connectivity index (χ2n) is 6.41. The average Bonchev–Trinajstić information content (AvgIpc) is 2.47. The summed E-state index contributed by atoms with van der Waals surface area (Å²) in [6.07, 6.45) is 2.99. The van der Waals surface area contributed by atoms with Gasteiger partial charge in [0.05, 0.1) is 0 Å². The van der Waals surface area contributed by atoms with Gasteiger partial charge in [-0.1, -0.05) is 33.3 Å². The Hall–Kier alpha value is -1.98. The molecule has 2 rings (SSSR count). The summed E-state index contributed by atoms with van der Waals surface area (Å²) in [5.74, 6) is 0.743. The highest BCUT2D eigenvalue weighted by atomic mass is 19.4. The van der Waals surface area contributed by atoms with E-state index in [9.17, 15) is 13.2 Å². The van der Waals surface area contributed by atoms with Gasteiger partial charge in [-0.05, 0) is 17.9 Å². The van der Waals surface area contributed by atoms with Crippen LogP contribution in [0.5, 0.6) is 0 Å². The summed E-state index contributed by atoms with van der Waals surface area (Å²) >= 11 is 0. The van der Waals surface area contributed by atoms with E-state index in [1.807, 2.05) is 0 Å². The highest BCUT2D eigenvalue weighted by molar-refractivity contribution is 5.60. The maximum absolute atomic E-state index is 12.5. The van der Waals surface area contributed by atoms with Crippen LogP contribution in [0.2, 0.25) is 0 Å². The maximum Gasteiger partial charge on any atom is 0.433 e. The van der Waals surface area contributed by atoms with Crippen molar-refractivity contribution in [3.8, 4) is 11.1 Å². The standard InChI is InChI=1S/C17H20F3N3/c1-4-7-16(2,3)8-15-22-10-13(11-23-15)12-5-6-14(21-9-12)17(18,19)20/h5-6,9-11H,4,7-8H2,1-3H3. The molecule has 23 heavy (non-hydrogen) atoms. The second kappa shape index (κ2) is 6.64. The summed E-state index contributed by atoms with van der Waals surface area (Å²) in [7, 11) is 0. The van der Waals surface area contributed by atoms with Gasteiger partial charge in [-0.2, -0.15) is 13.2 Å². The minimum Gasteiger partial charge on any atom is -0.251 e. The largest absolute Gasteiger partial charge is 0.433 e. The third-order valence-corrected chi connectivity index (χ3v) is 3.66. The van der Waals surface area contributed by atoms with Gasteiger partial charge in [0.2, 0.25) is 0 Å². The third kappa shape index (κ3) is 4.74. The first-order valence-electron chi connectivity index (χ1n) is 7.56. The van der Waals surface area contributed by atoms with E-state index in [4.69, 9.17) is 0 Å². The third-order valence-electron chi connectivity index (χ3n) is 3.66. The number of pyridine rings is 1. The molecule has 0 bridgehead atoms. The first kappa shape index (κ1) is 17.4. The van der Waals surface area contributed by atoms with Crippen molar-refractivity contribution in [2.24, 2.45) is 5.41 Å². The molecule has 0 atom stereocenters. The molecule has 0 saturated carbocycles. The first-order chi connectivity index (χ1) is 10.7. The molecule has 6 heteroatoms. The van der Waals surface area contributed by atoms with Crippen molar-refractivity contribution in [2.75, 3.05) is 0 Å². The van der Waals surface area contributed by atoms with Crippen LogP contribution in [0.4, 0.5) is 13.2 Å². The van der Waals surface area contributed by atoms with E-state index in [0.29, 0.717) is 11.1 Å². The maximum atomic E-state index is 12.5.